The van der Waals surface area contributed by atoms with Crippen molar-refractivity contribution in [3.63, 3.8) is 0 Å². The highest BCUT2D eigenvalue weighted by Gasteiger charge is 2.30. The Labute approximate surface area is 252 Å². The van der Waals surface area contributed by atoms with E-state index >= 15 is 0 Å². The summed E-state index contributed by atoms with van der Waals surface area (Å²) in [5.41, 5.74) is 5.48. The van der Waals surface area contributed by atoms with Crippen LogP contribution in [0.1, 0.15) is 54.5 Å². The zero-order valence-corrected chi connectivity index (χ0v) is 26.6. The fraction of sp³-hybridized carbons (Fsp3) is 0.412. The zero-order chi connectivity index (χ0) is 30.9. The van der Waals surface area contributed by atoms with Crippen molar-refractivity contribution in [3.8, 4) is 0 Å². The lowest BCUT2D eigenvalue weighted by Crippen LogP contribution is -2.51. The van der Waals surface area contributed by atoms with E-state index in [1.807, 2.05) is 101 Å². The highest BCUT2D eigenvalue weighted by atomic mass is 32.2. The molecule has 8 heteroatoms. The molecule has 0 saturated heterocycles. The second-order valence-electron chi connectivity index (χ2n) is 11.5. The topological polar surface area (TPSA) is 86.8 Å². The molecule has 42 heavy (non-hydrogen) atoms. The molecule has 0 spiro atoms. The maximum Gasteiger partial charge on any atom is 0.243 e. The normalized spacial score (nSPS) is 12.2. The Morgan fingerprint density at radius 1 is 0.881 bits per heavy atom. The van der Waals surface area contributed by atoms with E-state index in [1.165, 1.54) is 10.6 Å². The number of nitrogens with zero attached hydrogens (tertiary/aromatic N) is 2. The van der Waals surface area contributed by atoms with Crippen LogP contribution in [0.3, 0.4) is 0 Å². The molecule has 0 fully saturated rings. The molecule has 0 unspecified atom stereocenters. The lowest BCUT2D eigenvalue weighted by molar-refractivity contribution is -0.141. The molecule has 0 aliphatic carbocycles. The van der Waals surface area contributed by atoms with Gasteiger partial charge in [-0.1, -0.05) is 86.1 Å². The van der Waals surface area contributed by atoms with E-state index in [9.17, 15) is 18.0 Å². The first-order valence-corrected chi connectivity index (χ1v) is 16.4. The Kier molecular flexibility index (Phi) is 11.7. The molecule has 0 heterocycles. The fourth-order valence-corrected chi connectivity index (χ4v) is 5.99. The van der Waals surface area contributed by atoms with Crippen molar-refractivity contribution in [1.29, 1.82) is 0 Å². The lowest BCUT2D eigenvalue weighted by atomic mass is 10.0. The number of anilines is 1. The predicted octanol–water partition coefficient (Wildman–Crippen LogP) is 5.57. The molecule has 3 rings (SSSR count). The Morgan fingerprint density at radius 2 is 1.55 bits per heavy atom. The second-order valence-corrected chi connectivity index (χ2v) is 13.4. The van der Waals surface area contributed by atoms with Gasteiger partial charge in [-0.15, -0.1) is 0 Å². The van der Waals surface area contributed by atoms with Gasteiger partial charge in [0.05, 0.1) is 11.9 Å². The molecule has 0 aliphatic rings. The van der Waals surface area contributed by atoms with E-state index in [4.69, 9.17) is 0 Å². The number of hydrogen-bond donors (Lipinski definition) is 1. The van der Waals surface area contributed by atoms with Crippen LogP contribution in [0.15, 0.2) is 72.8 Å². The second kappa shape index (κ2) is 15.0. The lowest BCUT2D eigenvalue weighted by Gasteiger charge is -2.32. The summed E-state index contributed by atoms with van der Waals surface area (Å²) in [5.74, 6) is -0.118. The average molecular weight is 592 g/mol. The zero-order valence-electron chi connectivity index (χ0n) is 25.8. The van der Waals surface area contributed by atoms with Gasteiger partial charge < -0.3 is 10.2 Å². The van der Waals surface area contributed by atoms with Crippen molar-refractivity contribution < 1.29 is 18.0 Å². The Balaban J connectivity index is 1.90. The average Bonchev–Trinajstić information content (AvgIpc) is 2.93. The number of amides is 2. The minimum atomic E-state index is -3.57. The molecule has 0 radical (unpaired) electrons. The van der Waals surface area contributed by atoms with Crippen LogP contribution in [0.2, 0.25) is 0 Å². The smallest absolute Gasteiger partial charge is 0.243 e. The molecule has 2 amide bonds. The van der Waals surface area contributed by atoms with Gasteiger partial charge in [-0.3, -0.25) is 13.9 Å². The van der Waals surface area contributed by atoms with Crippen LogP contribution in [-0.4, -0.2) is 50.5 Å². The van der Waals surface area contributed by atoms with E-state index in [1.54, 1.807) is 11.0 Å². The molecule has 3 aromatic rings. The van der Waals surface area contributed by atoms with Crippen LogP contribution in [0.4, 0.5) is 5.69 Å². The number of carbonyl (C=O) groups excluding carboxylic acids is 2. The third-order valence-electron chi connectivity index (χ3n) is 7.39. The summed E-state index contributed by atoms with van der Waals surface area (Å²) in [7, 11) is -3.57. The van der Waals surface area contributed by atoms with Gasteiger partial charge in [0.2, 0.25) is 21.8 Å². The van der Waals surface area contributed by atoms with Crippen LogP contribution < -0.4 is 9.62 Å². The molecule has 0 saturated carbocycles. The Bertz CT molecular complexity index is 1450. The van der Waals surface area contributed by atoms with Gasteiger partial charge in [0, 0.05) is 32.5 Å². The quantitative estimate of drug-likeness (QED) is 0.266. The highest BCUT2D eigenvalue weighted by Crippen LogP contribution is 2.26. The van der Waals surface area contributed by atoms with Crippen LogP contribution in [0.5, 0.6) is 0 Å². The monoisotopic (exact) mass is 591 g/mol. The van der Waals surface area contributed by atoms with Gasteiger partial charge >= 0.3 is 0 Å². The van der Waals surface area contributed by atoms with Crippen LogP contribution >= 0.6 is 0 Å². The summed E-state index contributed by atoms with van der Waals surface area (Å²) < 4.78 is 26.9. The summed E-state index contributed by atoms with van der Waals surface area (Å²) >= 11 is 0. The fourth-order valence-electron chi connectivity index (χ4n) is 4.97. The van der Waals surface area contributed by atoms with Gasteiger partial charge in [-0.25, -0.2) is 8.42 Å². The molecule has 0 aromatic heterocycles. The number of aryl methyl sites for hydroxylation is 2. The molecular formula is C34H45N3O4S. The minimum absolute atomic E-state index is 0.103. The van der Waals surface area contributed by atoms with Gasteiger partial charge in [-0.05, 0) is 61.4 Å². The van der Waals surface area contributed by atoms with Crippen LogP contribution in [-0.2, 0) is 32.6 Å². The van der Waals surface area contributed by atoms with E-state index in [0.717, 1.165) is 27.8 Å². The summed E-state index contributed by atoms with van der Waals surface area (Å²) in [6.45, 7) is 10.9. The maximum absolute atomic E-state index is 14.0. The molecule has 1 N–H and O–H groups in total. The van der Waals surface area contributed by atoms with Gasteiger partial charge in [0.25, 0.3) is 0 Å². The number of rotatable bonds is 14. The van der Waals surface area contributed by atoms with Crippen molar-refractivity contribution in [2.45, 2.75) is 66.5 Å². The number of hydrogen-bond acceptors (Lipinski definition) is 4. The molecule has 0 aliphatic heterocycles. The highest BCUT2D eigenvalue weighted by molar-refractivity contribution is 7.92. The standard InChI is InChI=1S/C34H45N3O4S/c1-25(2)23-35-34(39)32(22-29-15-8-7-9-16-29)36(24-30-17-10-13-26(3)21-30)33(38)19-12-20-37(42(6,40)41)31-18-11-14-27(4)28(31)5/h7-11,13-18,21,25,32H,12,19-20,22-24H2,1-6H3,(H,35,39)/t32-/m0/s1. The van der Waals surface area contributed by atoms with Gasteiger partial charge in [0.1, 0.15) is 6.04 Å². The van der Waals surface area contributed by atoms with Crippen molar-refractivity contribution >= 4 is 27.5 Å². The largest absolute Gasteiger partial charge is 0.354 e. The van der Waals surface area contributed by atoms with E-state index in [-0.39, 0.29) is 37.2 Å². The summed E-state index contributed by atoms with van der Waals surface area (Å²) in [5, 5.41) is 3.04. The van der Waals surface area contributed by atoms with E-state index < -0.39 is 16.1 Å². The number of carbonyl (C=O) groups is 2. The summed E-state index contributed by atoms with van der Waals surface area (Å²) in [4.78, 5) is 29.3. The third-order valence-corrected chi connectivity index (χ3v) is 8.57. The summed E-state index contributed by atoms with van der Waals surface area (Å²) in [6, 6.07) is 22.5. The number of benzene rings is 3. The van der Waals surface area contributed by atoms with Crippen LogP contribution in [0, 0.1) is 26.7 Å². The minimum Gasteiger partial charge on any atom is -0.354 e. The van der Waals surface area contributed by atoms with Crippen LogP contribution in [0.25, 0.3) is 0 Å². The predicted molar refractivity (Wildman–Crippen MR) is 171 cm³/mol. The van der Waals surface area contributed by atoms with Gasteiger partial charge in [-0.2, -0.15) is 0 Å². The van der Waals surface area contributed by atoms with Crippen molar-refractivity contribution in [2.24, 2.45) is 5.92 Å². The van der Waals surface area contributed by atoms with E-state index in [0.29, 0.717) is 25.1 Å². The summed E-state index contributed by atoms with van der Waals surface area (Å²) in [6.07, 6.45) is 1.98. The molecule has 226 valence electrons. The number of nitrogens with one attached hydrogen (secondary N) is 1. The molecule has 3 aromatic carbocycles. The molecule has 0 bridgehead atoms. The van der Waals surface area contributed by atoms with Crippen molar-refractivity contribution in [3.05, 3.63) is 101 Å². The Hall–Kier alpha value is -3.65. The first kappa shape index (κ1) is 32.9. The number of sulfonamides is 1. The molecule has 7 nitrogen and oxygen atoms in total. The SMILES string of the molecule is Cc1cccc(CN(C(=O)CCCN(c2cccc(C)c2C)S(C)(=O)=O)[C@@H](Cc2ccccc2)C(=O)NCC(C)C)c1. The van der Waals surface area contributed by atoms with Crippen molar-refractivity contribution in [1.82, 2.24) is 10.2 Å². The Morgan fingerprint density at radius 3 is 2.19 bits per heavy atom. The molecular weight excluding hydrogens is 546 g/mol. The van der Waals surface area contributed by atoms with E-state index in [2.05, 4.69) is 5.32 Å². The first-order valence-electron chi connectivity index (χ1n) is 14.6. The maximum atomic E-state index is 14.0. The van der Waals surface area contributed by atoms with Crippen molar-refractivity contribution in [2.75, 3.05) is 23.7 Å². The first-order chi connectivity index (χ1) is 19.9. The van der Waals surface area contributed by atoms with Gasteiger partial charge in [0.15, 0.2) is 0 Å². The third kappa shape index (κ3) is 9.44. The molecule has 1 atom stereocenters.